The van der Waals surface area contributed by atoms with Crippen LogP contribution in [0.2, 0.25) is 0 Å². The van der Waals surface area contributed by atoms with Gasteiger partial charge < -0.3 is 9.73 Å². The number of oxazole rings is 1. The highest BCUT2D eigenvalue weighted by atomic mass is 19.4. The van der Waals surface area contributed by atoms with Gasteiger partial charge in [0.1, 0.15) is 12.1 Å². The minimum absolute atomic E-state index is 0.101. The van der Waals surface area contributed by atoms with E-state index in [0.717, 1.165) is 17.7 Å². The van der Waals surface area contributed by atoms with Crippen molar-refractivity contribution in [1.82, 2.24) is 9.97 Å². The van der Waals surface area contributed by atoms with Gasteiger partial charge in [-0.25, -0.2) is 14.9 Å². The van der Waals surface area contributed by atoms with Crippen LogP contribution in [0.25, 0.3) is 0 Å². The number of carbonyl (C=O) groups is 1. The van der Waals surface area contributed by atoms with E-state index in [2.05, 4.69) is 15.3 Å². The SMILES string of the molecule is Cc1ccc(NC(=O)c2cccc(C(F)(F)F)c2)cc1N(c1ccccn1)c1ncco1. The van der Waals surface area contributed by atoms with E-state index in [1.807, 2.05) is 13.0 Å². The van der Waals surface area contributed by atoms with E-state index < -0.39 is 17.6 Å². The van der Waals surface area contributed by atoms with Gasteiger partial charge >= 0.3 is 12.2 Å². The second kappa shape index (κ2) is 8.54. The van der Waals surface area contributed by atoms with Gasteiger partial charge in [0.2, 0.25) is 0 Å². The van der Waals surface area contributed by atoms with Gasteiger partial charge in [-0.05, 0) is 55.0 Å². The number of anilines is 4. The molecular formula is C23H17F3N4O2. The van der Waals surface area contributed by atoms with Crippen LogP contribution in [0.15, 0.2) is 83.7 Å². The van der Waals surface area contributed by atoms with E-state index in [1.165, 1.54) is 24.6 Å². The van der Waals surface area contributed by atoms with E-state index in [1.54, 1.807) is 41.4 Å². The molecule has 0 aliphatic rings. The van der Waals surface area contributed by atoms with Crippen molar-refractivity contribution >= 4 is 29.1 Å². The molecule has 6 nitrogen and oxygen atoms in total. The Labute approximate surface area is 181 Å². The van der Waals surface area contributed by atoms with Crippen LogP contribution < -0.4 is 10.2 Å². The maximum Gasteiger partial charge on any atom is 0.416 e. The van der Waals surface area contributed by atoms with Gasteiger partial charge in [-0.1, -0.05) is 18.2 Å². The largest absolute Gasteiger partial charge is 0.432 e. The number of hydrogen-bond acceptors (Lipinski definition) is 5. The number of alkyl halides is 3. The molecule has 4 rings (SSSR count). The number of halogens is 3. The molecule has 9 heteroatoms. The first-order chi connectivity index (χ1) is 15.3. The van der Waals surface area contributed by atoms with E-state index in [0.29, 0.717) is 17.2 Å². The lowest BCUT2D eigenvalue weighted by Crippen LogP contribution is -2.16. The fraction of sp³-hybridized carbons (Fsp3) is 0.0870. The van der Waals surface area contributed by atoms with Crippen molar-refractivity contribution in [3.63, 3.8) is 0 Å². The summed E-state index contributed by atoms with van der Waals surface area (Å²) in [5.74, 6) is -0.120. The van der Waals surface area contributed by atoms with Crippen molar-refractivity contribution in [1.29, 1.82) is 0 Å². The van der Waals surface area contributed by atoms with Gasteiger partial charge in [0, 0.05) is 17.4 Å². The molecule has 0 unspecified atom stereocenters. The van der Waals surface area contributed by atoms with Gasteiger partial charge in [-0.2, -0.15) is 13.2 Å². The van der Waals surface area contributed by atoms with Gasteiger partial charge in [-0.15, -0.1) is 0 Å². The van der Waals surface area contributed by atoms with Crippen molar-refractivity contribution < 1.29 is 22.4 Å². The number of nitrogens with one attached hydrogen (secondary N) is 1. The second-order valence-corrected chi connectivity index (χ2v) is 6.87. The maximum absolute atomic E-state index is 13.0. The van der Waals surface area contributed by atoms with Crippen LogP contribution in [-0.4, -0.2) is 15.9 Å². The van der Waals surface area contributed by atoms with Gasteiger partial charge in [-0.3, -0.25) is 4.79 Å². The standard InChI is InChI=1S/C23H17F3N4O2/c1-15-8-9-18(29-21(31)16-5-4-6-17(13-16)23(24,25)26)14-19(15)30(22-28-11-12-32-22)20-7-2-3-10-27-20/h2-14H,1H3,(H,29,31). The molecule has 0 bridgehead atoms. The smallest absolute Gasteiger partial charge is 0.416 e. The predicted molar refractivity (Wildman–Crippen MR) is 113 cm³/mol. The summed E-state index contributed by atoms with van der Waals surface area (Å²) in [6, 6.07) is 15.0. The van der Waals surface area contributed by atoms with Gasteiger partial charge in [0.05, 0.1) is 17.4 Å². The number of benzene rings is 2. The summed E-state index contributed by atoms with van der Waals surface area (Å²) in [7, 11) is 0. The third-order valence-electron chi connectivity index (χ3n) is 4.65. The Morgan fingerprint density at radius 3 is 2.53 bits per heavy atom. The lowest BCUT2D eigenvalue weighted by Gasteiger charge is -2.22. The molecule has 4 aromatic rings. The number of aromatic nitrogens is 2. The molecule has 2 aromatic carbocycles. The normalized spacial score (nSPS) is 11.2. The van der Waals surface area contributed by atoms with Gasteiger partial charge in [0.15, 0.2) is 0 Å². The third kappa shape index (κ3) is 4.46. The second-order valence-electron chi connectivity index (χ2n) is 6.87. The Morgan fingerprint density at radius 2 is 1.84 bits per heavy atom. The van der Waals surface area contributed by atoms with E-state index >= 15 is 0 Å². The summed E-state index contributed by atoms with van der Waals surface area (Å²) in [5, 5.41) is 2.65. The molecular weight excluding hydrogens is 421 g/mol. The molecule has 0 atom stereocenters. The minimum atomic E-state index is -4.54. The molecule has 162 valence electrons. The maximum atomic E-state index is 13.0. The number of hydrogen-bond donors (Lipinski definition) is 1. The summed E-state index contributed by atoms with van der Waals surface area (Å²) < 4.78 is 44.4. The first-order valence-corrected chi connectivity index (χ1v) is 9.53. The fourth-order valence-electron chi connectivity index (χ4n) is 3.10. The predicted octanol–water partition coefficient (Wildman–Crippen LogP) is 6.12. The van der Waals surface area contributed by atoms with E-state index in [4.69, 9.17) is 4.42 Å². The number of pyridine rings is 1. The highest BCUT2D eigenvalue weighted by molar-refractivity contribution is 6.04. The molecule has 2 heterocycles. The Balaban J connectivity index is 1.68. The van der Waals surface area contributed by atoms with Crippen LogP contribution >= 0.6 is 0 Å². The van der Waals surface area contributed by atoms with Crippen LogP contribution in [0.1, 0.15) is 21.5 Å². The molecule has 32 heavy (non-hydrogen) atoms. The Morgan fingerprint density at radius 1 is 1.00 bits per heavy atom. The van der Waals surface area contributed by atoms with Crippen molar-refractivity contribution in [3.8, 4) is 0 Å². The first kappa shape index (κ1) is 21.1. The lowest BCUT2D eigenvalue weighted by atomic mass is 10.1. The summed E-state index contributed by atoms with van der Waals surface area (Å²) >= 11 is 0. The molecule has 0 aliphatic heterocycles. The molecule has 0 aliphatic carbocycles. The molecule has 0 fully saturated rings. The van der Waals surface area contributed by atoms with Gasteiger partial charge in [0.25, 0.3) is 5.91 Å². The summed E-state index contributed by atoms with van der Waals surface area (Å²) in [6.45, 7) is 1.87. The zero-order valence-electron chi connectivity index (χ0n) is 16.8. The van der Waals surface area contributed by atoms with Crippen molar-refractivity contribution in [2.45, 2.75) is 13.1 Å². The molecule has 0 radical (unpaired) electrons. The summed E-state index contributed by atoms with van der Waals surface area (Å²) in [4.78, 5) is 22.9. The zero-order chi connectivity index (χ0) is 22.7. The topological polar surface area (TPSA) is 71.3 Å². The molecule has 0 saturated carbocycles. The van der Waals surface area contributed by atoms with Crippen molar-refractivity contribution in [3.05, 3.63) is 96.0 Å². The highest BCUT2D eigenvalue weighted by Crippen LogP contribution is 2.36. The number of amides is 1. The monoisotopic (exact) mass is 438 g/mol. The zero-order valence-corrected chi connectivity index (χ0v) is 16.8. The van der Waals surface area contributed by atoms with Crippen LogP contribution in [0.3, 0.4) is 0 Å². The number of carbonyl (C=O) groups excluding carboxylic acids is 1. The van der Waals surface area contributed by atoms with E-state index in [9.17, 15) is 18.0 Å². The minimum Gasteiger partial charge on any atom is -0.432 e. The first-order valence-electron chi connectivity index (χ1n) is 9.53. The summed E-state index contributed by atoms with van der Waals surface area (Å²) in [6.07, 6.45) is 0.0200. The Hall–Kier alpha value is -4.14. The molecule has 1 amide bonds. The average Bonchev–Trinajstić information content (AvgIpc) is 3.31. The van der Waals surface area contributed by atoms with Crippen molar-refractivity contribution in [2.24, 2.45) is 0 Å². The van der Waals surface area contributed by atoms with E-state index in [-0.39, 0.29) is 11.6 Å². The molecule has 1 N–H and O–H groups in total. The highest BCUT2D eigenvalue weighted by Gasteiger charge is 2.31. The lowest BCUT2D eigenvalue weighted by molar-refractivity contribution is -0.137. The summed E-state index contributed by atoms with van der Waals surface area (Å²) in [5.41, 5.74) is 0.871. The van der Waals surface area contributed by atoms with Crippen LogP contribution in [0, 0.1) is 6.92 Å². The fourth-order valence-corrected chi connectivity index (χ4v) is 3.10. The van der Waals surface area contributed by atoms with Crippen molar-refractivity contribution in [2.75, 3.05) is 10.2 Å². The molecule has 0 saturated heterocycles. The molecule has 2 aromatic heterocycles. The third-order valence-corrected chi connectivity index (χ3v) is 4.65. The Bertz CT molecular complexity index is 1230. The van der Waals surface area contributed by atoms with Crippen LogP contribution in [0.4, 0.5) is 36.4 Å². The average molecular weight is 438 g/mol. The van der Waals surface area contributed by atoms with Crippen LogP contribution in [0.5, 0.6) is 0 Å². The Kier molecular flexibility index (Phi) is 5.63. The van der Waals surface area contributed by atoms with Crippen LogP contribution in [-0.2, 0) is 6.18 Å². The molecule has 0 spiro atoms. The quantitative estimate of drug-likeness (QED) is 0.407. The number of aryl methyl sites for hydroxylation is 1. The number of nitrogens with zero attached hydrogens (tertiary/aromatic N) is 3. The number of rotatable bonds is 5.